The molecule has 0 bridgehead atoms. The van der Waals surface area contributed by atoms with Gasteiger partial charge < -0.3 is 10.5 Å². The van der Waals surface area contributed by atoms with E-state index < -0.39 is 17.7 Å². The van der Waals surface area contributed by atoms with Gasteiger partial charge in [0.05, 0.1) is 13.2 Å². The molecule has 2 N–H and O–H groups in total. The van der Waals surface area contributed by atoms with E-state index in [-0.39, 0.29) is 0 Å². The maximum absolute atomic E-state index is 13.2. The Morgan fingerprint density at radius 2 is 1.78 bits per heavy atom. The summed E-state index contributed by atoms with van der Waals surface area (Å²) in [5, 5.41) is 0. The number of ether oxygens (including phenoxy) is 1. The fraction of sp³-hybridized carbons (Fsp3) is 0.143. The summed E-state index contributed by atoms with van der Waals surface area (Å²) in [4.78, 5) is 0. The SMILES string of the molecule is COc1ccccc1C(N)c1ccc(F)c(F)c1. The summed E-state index contributed by atoms with van der Waals surface area (Å²) in [5.41, 5.74) is 7.27. The third-order valence-electron chi connectivity index (χ3n) is 2.78. The molecule has 0 radical (unpaired) electrons. The minimum absolute atomic E-state index is 0.499. The largest absolute Gasteiger partial charge is 0.496 e. The number of halogens is 2. The molecule has 0 aliphatic heterocycles. The first-order valence-electron chi connectivity index (χ1n) is 5.47. The molecule has 0 amide bonds. The lowest BCUT2D eigenvalue weighted by Gasteiger charge is -2.16. The molecule has 0 saturated carbocycles. The number of hydrogen-bond acceptors (Lipinski definition) is 2. The lowest BCUT2D eigenvalue weighted by molar-refractivity contribution is 0.407. The van der Waals surface area contributed by atoms with Crippen LogP contribution in [0.2, 0.25) is 0 Å². The van der Waals surface area contributed by atoms with E-state index in [1.54, 1.807) is 12.1 Å². The number of nitrogens with two attached hydrogens (primary N) is 1. The van der Waals surface area contributed by atoms with Crippen LogP contribution in [0.25, 0.3) is 0 Å². The van der Waals surface area contributed by atoms with Gasteiger partial charge in [0.1, 0.15) is 5.75 Å². The van der Waals surface area contributed by atoms with Crippen molar-refractivity contribution in [3.8, 4) is 5.75 Å². The van der Waals surface area contributed by atoms with Gasteiger partial charge >= 0.3 is 0 Å². The smallest absolute Gasteiger partial charge is 0.159 e. The predicted molar refractivity (Wildman–Crippen MR) is 65.4 cm³/mol. The van der Waals surface area contributed by atoms with Crippen LogP contribution in [-0.2, 0) is 0 Å². The third-order valence-corrected chi connectivity index (χ3v) is 2.78. The van der Waals surface area contributed by atoms with Crippen molar-refractivity contribution in [1.29, 1.82) is 0 Å². The zero-order valence-electron chi connectivity index (χ0n) is 9.86. The average Bonchev–Trinajstić information content (AvgIpc) is 2.41. The summed E-state index contributed by atoms with van der Waals surface area (Å²) >= 11 is 0. The van der Waals surface area contributed by atoms with Gasteiger partial charge in [0.15, 0.2) is 11.6 Å². The lowest BCUT2D eigenvalue weighted by Crippen LogP contribution is -2.13. The van der Waals surface area contributed by atoms with Gasteiger partial charge in [0, 0.05) is 5.56 Å². The van der Waals surface area contributed by atoms with Crippen molar-refractivity contribution in [2.24, 2.45) is 5.73 Å². The minimum Gasteiger partial charge on any atom is -0.496 e. The molecular formula is C14H13F2NO. The number of para-hydroxylation sites is 1. The van der Waals surface area contributed by atoms with Crippen LogP contribution in [0.4, 0.5) is 8.78 Å². The monoisotopic (exact) mass is 249 g/mol. The molecule has 2 nitrogen and oxygen atoms in total. The van der Waals surface area contributed by atoms with Crippen LogP contribution in [0.1, 0.15) is 17.2 Å². The molecule has 0 fully saturated rings. The van der Waals surface area contributed by atoms with Crippen LogP contribution in [-0.4, -0.2) is 7.11 Å². The Balaban J connectivity index is 2.41. The molecule has 0 aromatic heterocycles. The van der Waals surface area contributed by atoms with Crippen molar-refractivity contribution in [1.82, 2.24) is 0 Å². The highest BCUT2D eigenvalue weighted by Crippen LogP contribution is 2.28. The highest BCUT2D eigenvalue weighted by molar-refractivity contribution is 5.41. The first kappa shape index (κ1) is 12.5. The van der Waals surface area contributed by atoms with Crippen molar-refractivity contribution in [3.05, 3.63) is 65.2 Å². The molecule has 0 spiro atoms. The van der Waals surface area contributed by atoms with Gasteiger partial charge in [-0.15, -0.1) is 0 Å². The van der Waals surface area contributed by atoms with Gasteiger partial charge in [-0.1, -0.05) is 24.3 Å². The van der Waals surface area contributed by atoms with Gasteiger partial charge in [-0.05, 0) is 23.8 Å². The summed E-state index contributed by atoms with van der Waals surface area (Å²) in [6.07, 6.45) is 0. The zero-order chi connectivity index (χ0) is 13.1. The molecule has 0 aliphatic carbocycles. The van der Waals surface area contributed by atoms with E-state index >= 15 is 0 Å². The van der Waals surface area contributed by atoms with Crippen molar-refractivity contribution < 1.29 is 13.5 Å². The predicted octanol–water partition coefficient (Wildman–Crippen LogP) is 3.02. The van der Waals surface area contributed by atoms with Crippen molar-refractivity contribution in [2.75, 3.05) is 7.11 Å². The maximum Gasteiger partial charge on any atom is 0.159 e. The topological polar surface area (TPSA) is 35.2 Å². The van der Waals surface area contributed by atoms with Gasteiger partial charge in [-0.2, -0.15) is 0 Å². The zero-order valence-corrected chi connectivity index (χ0v) is 9.86. The number of benzene rings is 2. The summed E-state index contributed by atoms with van der Waals surface area (Å²) < 4.78 is 31.2. The van der Waals surface area contributed by atoms with E-state index in [9.17, 15) is 8.78 Å². The molecule has 2 aromatic rings. The van der Waals surface area contributed by atoms with E-state index in [0.717, 1.165) is 17.7 Å². The second-order valence-corrected chi connectivity index (χ2v) is 3.89. The fourth-order valence-corrected chi connectivity index (χ4v) is 1.81. The van der Waals surface area contributed by atoms with E-state index in [2.05, 4.69) is 0 Å². The number of hydrogen-bond donors (Lipinski definition) is 1. The van der Waals surface area contributed by atoms with E-state index in [4.69, 9.17) is 10.5 Å². The normalized spacial score (nSPS) is 12.2. The first-order valence-corrected chi connectivity index (χ1v) is 5.47. The van der Waals surface area contributed by atoms with E-state index in [1.807, 2.05) is 12.1 Å². The van der Waals surface area contributed by atoms with Crippen molar-refractivity contribution in [2.45, 2.75) is 6.04 Å². The van der Waals surface area contributed by atoms with Gasteiger partial charge in [0.2, 0.25) is 0 Å². The molecule has 2 rings (SSSR count). The maximum atomic E-state index is 13.2. The number of rotatable bonds is 3. The summed E-state index contributed by atoms with van der Waals surface area (Å²) in [6.45, 7) is 0. The van der Waals surface area contributed by atoms with Crippen LogP contribution in [0.15, 0.2) is 42.5 Å². The summed E-state index contributed by atoms with van der Waals surface area (Å²) in [6, 6.07) is 10.3. The first-order chi connectivity index (χ1) is 8.63. The van der Waals surface area contributed by atoms with E-state index in [1.165, 1.54) is 13.2 Å². The lowest BCUT2D eigenvalue weighted by atomic mass is 9.98. The third kappa shape index (κ3) is 2.33. The van der Waals surface area contributed by atoms with Crippen LogP contribution < -0.4 is 10.5 Å². The Morgan fingerprint density at radius 3 is 2.44 bits per heavy atom. The molecule has 1 atom stereocenters. The molecule has 4 heteroatoms. The highest BCUT2D eigenvalue weighted by atomic mass is 19.2. The molecule has 0 saturated heterocycles. The molecule has 2 aromatic carbocycles. The Hall–Kier alpha value is -1.94. The molecule has 94 valence electrons. The molecule has 18 heavy (non-hydrogen) atoms. The van der Waals surface area contributed by atoms with Crippen LogP contribution in [0, 0.1) is 11.6 Å². The van der Waals surface area contributed by atoms with E-state index in [0.29, 0.717) is 11.3 Å². The van der Waals surface area contributed by atoms with Crippen molar-refractivity contribution in [3.63, 3.8) is 0 Å². The van der Waals surface area contributed by atoms with Gasteiger partial charge in [0.25, 0.3) is 0 Å². The van der Waals surface area contributed by atoms with Crippen LogP contribution in [0.3, 0.4) is 0 Å². The molecule has 0 heterocycles. The molecule has 1 unspecified atom stereocenters. The quantitative estimate of drug-likeness (QED) is 0.907. The average molecular weight is 249 g/mol. The fourth-order valence-electron chi connectivity index (χ4n) is 1.81. The van der Waals surface area contributed by atoms with Crippen LogP contribution in [0.5, 0.6) is 5.75 Å². The Labute approximate surface area is 104 Å². The Morgan fingerprint density at radius 1 is 1.06 bits per heavy atom. The number of methoxy groups -OCH3 is 1. The Bertz CT molecular complexity index is 557. The van der Waals surface area contributed by atoms with Crippen molar-refractivity contribution >= 4 is 0 Å². The summed E-state index contributed by atoms with van der Waals surface area (Å²) in [5.74, 6) is -1.17. The van der Waals surface area contributed by atoms with Gasteiger partial charge in [-0.25, -0.2) is 8.78 Å². The van der Waals surface area contributed by atoms with Gasteiger partial charge in [-0.3, -0.25) is 0 Å². The minimum atomic E-state index is -0.905. The second kappa shape index (κ2) is 5.14. The highest BCUT2D eigenvalue weighted by Gasteiger charge is 2.15. The Kier molecular flexibility index (Phi) is 3.58. The second-order valence-electron chi connectivity index (χ2n) is 3.89. The standard InChI is InChI=1S/C14H13F2NO/c1-18-13-5-3-2-4-10(13)14(17)9-6-7-11(15)12(16)8-9/h2-8,14H,17H2,1H3. The van der Waals surface area contributed by atoms with Crippen LogP contribution >= 0.6 is 0 Å². The molecular weight excluding hydrogens is 236 g/mol. The summed E-state index contributed by atoms with van der Waals surface area (Å²) in [7, 11) is 1.54. The molecule has 0 aliphatic rings.